The molecule has 0 aromatic carbocycles. The molecule has 122 valence electrons. The Morgan fingerprint density at radius 2 is 1.91 bits per heavy atom. The molecule has 1 N–H and O–H groups in total. The molecule has 2 heteroatoms. The van der Waals surface area contributed by atoms with E-state index in [1.807, 2.05) is 0 Å². The number of carbonyl (C=O) groups excluding carboxylic acids is 1. The SMILES string of the molecule is C[C@]12CCCCC1C(=CO)C[C@@H]1[C@H]2CC[C@]2(C)C(=O)CC[C@@H]12. The van der Waals surface area contributed by atoms with Crippen LogP contribution in [-0.2, 0) is 4.79 Å². The van der Waals surface area contributed by atoms with Crippen molar-refractivity contribution in [3.05, 3.63) is 11.8 Å². The Balaban J connectivity index is 1.73. The molecule has 4 saturated carbocycles. The summed E-state index contributed by atoms with van der Waals surface area (Å²) < 4.78 is 0. The first-order chi connectivity index (χ1) is 10.5. The van der Waals surface area contributed by atoms with Crippen molar-refractivity contribution in [2.24, 2.45) is 34.5 Å². The topological polar surface area (TPSA) is 37.3 Å². The van der Waals surface area contributed by atoms with Gasteiger partial charge in [0.1, 0.15) is 5.78 Å². The number of rotatable bonds is 0. The monoisotopic (exact) mass is 302 g/mol. The molecule has 4 fully saturated rings. The summed E-state index contributed by atoms with van der Waals surface area (Å²) in [5, 5.41) is 9.86. The molecule has 0 spiro atoms. The van der Waals surface area contributed by atoms with Crippen LogP contribution in [0.25, 0.3) is 0 Å². The largest absolute Gasteiger partial charge is 0.516 e. The van der Waals surface area contributed by atoms with Gasteiger partial charge in [-0.05, 0) is 73.2 Å². The number of hydrogen-bond donors (Lipinski definition) is 1. The van der Waals surface area contributed by atoms with Gasteiger partial charge in [0.05, 0.1) is 6.26 Å². The number of allylic oxidation sites excluding steroid dienone is 1. The van der Waals surface area contributed by atoms with E-state index in [-0.39, 0.29) is 5.41 Å². The molecule has 0 amide bonds. The quantitative estimate of drug-likeness (QED) is 0.636. The van der Waals surface area contributed by atoms with Crippen LogP contribution in [0.15, 0.2) is 11.8 Å². The molecular weight excluding hydrogens is 272 g/mol. The van der Waals surface area contributed by atoms with Gasteiger partial charge >= 0.3 is 0 Å². The molecule has 0 heterocycles. The van der Waals surface area contributed by atoms with E-state index < -0.39 is 0 Å². The highest BCUT2D eigenvalue weighted by Gasteiger charge is 2.60. The predicted molar refractivity (Wildman–Crippen MR) is 87.4 cm³/mol. The van der Waals surface area contributed by atoms with Crippen molar-refractivity contribution in [2.75, 3.05) is 0 Å². The van der Waals surface area contributed by atoms with Crippen molar-refractivity contribution >= 4 is 5.78 Å². The van der Waals surface area contributed by atoms with E-state index in [0.29, 0.717) is 29.0 Å². The summed E-state index contributed by atoms with van der Waals surface area (Å²) in [5.74, 6) is 3.07. The molecule has 4 aliphatic rings. The fourth-order valence-corrected chi connectivity index (χ4v) is 7.13. The summed E-state index contributed by atoms with van der Waals surface area (Å²) in [5.41, 5.74) is 1.61. The number of fused-ring (bicyclic) bond motifs is 5. The first-order valence-electron chi connectivity index (χ1n) is 9.37. The van der Waals surface area contributed by atoms with Crippen molar-refractivity contribution in [3.63, 3.8) is 0 Å². The van der Waals surface area contributed by atoms with Gasteiger partial charge in [0.15, 0.2) is 0 Å². The number of aliphatic hydroxyl groups is 1. The first-order valence-corrected chi connectivity index (χ1v) is 9.37. The molecular formula is C20H30O2. The molecule has 0 saturated heterocycles. The summed E-state index contributed by atoms with van der Waals surface area (Å²) in [7, 11) is 0. The van der Waals surface area contributed by atoms with Crippen LogP contribution in [0.4, 0.5) is 0 Å². The van der Waals surface area contributed by atoms with Crippen LogP contribution in [0.1, 0.15) is 71.6 Å². The Morgan fingerprint density at radius 1 is 1.09 bits per heavy atom. The minimum atomic E-state index is -0.0560. The fourth-order valence-electron chi connectivity index (χ4n) is 7.13. The minimum absolute atomic E-state index is 0.0560. The Labute approximate surface area is 134 Å². The number of Topliss-reactive ketones (excluding diaryl/α,β-unsaturated/α-hetero) is 1. The van der Waals surface area contributed by atoms with Crippen LogP contribution in [0.3, 0.4) is 0 Å². The number of hydrogen-bond acceptors (Lipinski definition) is 2. The Bertz CT molecular complexity index is 522. The second-order valence-corrected chi connectivity index (χ2v) is 9.01. The lowest BCUT2D eigenvalue weighted by atomic mass is 9.44. The van der Waals surface area contributed by atoms with Gasteiger partial charge in [-0.25, -0.2) is 0 Å². The Hall–Kier alpha value is -0.790. The highest BCUT2D eigenvalue weighted by molar-refractivity contribution is 5.87. The summed E-state index contributed by atoms with van der Waals surface area (Å²) in [6.45, 7) is 4.73. The molecule has 0 bridgehead atoms. The van der Waals surface area contributed by atoms with Crippen molar-refractivity contribution in [1.82, 2.24) is 0 Å². The summed E-state index contributed by atoms with van der Waals surface area (Å²) in [6.07, 6.45) is 11.9. The van der Waals surface area contributed by atoms with Crippen molar-refractivity contribution in [1.29, 1.82) is 0 Å². The maximum absolute atomic E-state index is 12.5. The molecule has 0 aromatic heterocycles. The van der Waals surface area contributed by atoms with Crippen LogP contribution in [0.5, 0.6) is 0 Å². The molecule has 4 aliphatic carbocycles. The fraction of sp³-hybridized carbons (Fsp3) is 0.850. The van der Waals surface area contributed by atoms with Gasteiger partial charge in [-0.1, -0.05) is 26.7 Å². The van der Waals surface area contributed by atoms with E-state index in [1.165, 1.54) is 43.9 Å². The van der Waals surface area contributed by atoms with E-state index in [0.717, 1.165) is 31.6 Å². The van der Waals surface area contributed by atoms with E-state index in [2.05, 4.69) is 13.8 Å². The number of ketones is 1. The minimum Gasteiger partial charge on any atom is -0.516 e. The van der Waals surface area contributed by atoms with Gasteiger partial charge in [-0.3, -0.25) is 4.79 Å². The average Bonchev–Trinajstić information content (AvgIpc) is 2.82. The Kier molecular flexibility index (Phi) is 3.26. The molecule has 4 rings (SSSR count). The smallest absolute Gasteiger partial charge is 0.139 e. The molecule has 22 heavy (non-hydrogen) atoms. The highest BCUT2D eigenvalue weighted by atomic mass is 16.2. The van der Waals surface area contributed by atoms with Crippen molar-refractivity contribution < 1.29 is 9.90 Å². The third-order valence-corrected chi connectivity index (χ3v) is 8.33. The molecule has 0 radical (unpaired) electrons. The van der Waals surface area contributed by atoms with Gasteiger partial charge < -0.3 is 5.11 Å². The van der Waals surface area contributed by atoms with Crippen molar-refractivity contribution in [2.45, 2.75) is 71.6 Å². The second-order valence-electron chi connectivity index (χ2n) is 9.01. The van der Waals surface area contributed by atoms with Crippen LogP contribution >= 0.6 is 0 Å². The summed E-state index contributed by atoms with van der Waals surface area (Å²) >= 11 is 0. The normalized spacial score (nSPS) is 53.0. The van der Waals surface area contributed by atoms with Crippen LogP contribution in [0.2, 0.25) is 0 Å². The van der Waals surface area contributed by atoms with Crippen molar-refractivity contribution in [3.8, 4) is 0 Å². The van der Waals surface area contributed by atoms with E-state index >= 15 is 0 Å². The lowest BCUT2D eigenvalue weighted by molar-refractivity contribution is -0.135. The molecule has 1 unspecified atom stereocenters. The summed E-state index contributed by atoms with van der Waals surface area (Å²) in [4.78, 5) is 12.5. The van der Waals surface area contributed by atoms with E-state index in [4.69, 9.17) is 0 Å². The lowest BCUT2D eigenvalue weighted by Crippen LogP contribution is -2.53. The number of aliphatic hydroxyl groups excluding tert-OH is 1. The van der Waals surface area contributed by atoms with Gasteiger partial charge in [0.2, 0.25) is 0 Å². The Morgan fingerprint density at radius 3 is 2.68 bits per heavy atom. The zero-order valence-electron chi connectivity index (χ0n) is 14.1. The zero-order chi connectivity index (χ0) is 15.5. The maximum atomic E-state index is 12.5. The van der Waals surface area contributed by atoms with E-state index in [1.54, 1.807) is 0 Å². The molecule has 0 aliphatic heterocycles. The van der Waals surface area contributed by atoms with Gasteiger partial charge in [-0.15, -0.1) is 0 Å². The average molecular weight is 302 g/mol. The molecule has 6 atom stereocenters. The standard InChI is InChI=1S/C20H30O2/c1-19-9-4-3-5-15(19)13(12-21)11-14-16-6-7-18(22)20(16,2)10-8-17(14)19/h12,14-17,21H,3-11H2,1-2H3/t14-,15?,16-,17+,19-,20-/m0/s1. The zero-order valence-corrected chi connectivity index (χ0v) is 14.1. The number of carbonyl (C=O) groups is 1. The van der Waals surface area contributed by atoms with Crippen LogP contribution in [-0.4, -0.2) is 10.9 Å². The molecule has 2 nitrogen and oxygen atoms in total. The van der Waals surface area contributed by atoms with E-state index in [9.17, 15) is 9.90 Å². The van der Waals surface area contributed by atoms with Gasteiger partial charge in [0.25, 0.3) is 0 Å². The molecule has 0 aromatic rings. The first kappa shape index (κ1) is 14.8. The maximum Gasteiger partial charge on any atom is 0.139 e. The third-order valence-electron chi connectivity index (χ3n) is 8.33. The predicted octanol–water partition coefficient (Wildman–Crippen LogP) is 5.04. The van der Waals surface area contributed by atoms with Gasteiger partial charge in [-0.2, -0.15) is 0 Å². The lowest BCUT2D eigenvalue weighted by Gasteiger charge is -2.60. The highest BCUT2D eigenvalue weighted by Crippen LogP contribution is 2.66. The van der Waals surface area contributed by atoms with Crippen LogP contribution in [0, 0.1) is 34.5 Å². The third kappa shape index (κ3) is 1.76. The van der Waals surface area contributed by atoms with Gasteiger partial charge in [0, 0.05) is 11.8 Å². The van der Waals surface area contributed by atoms with Crippen LogP contribution < -0.4 is 0 Å². The summed E-state index contributed by atoms with van der Waals surface area (Å²) in [6, 6.07) is 0. The second kappa shape index (κ2) is 4.85.